The third kappa shape index (κ3) is 3.47. The molecule has 0 N–H and O–H groups in total. The molecule has 1 saturated heterocycles. The molecule has 0 radical (unpaired) electrons. The van der Waals surface area contributed by atoms with Crippen molar-refractivity contribution in [3.05, 3.63) is 67.0 Å². The van der Waals surface area contributed by atoms with Gasteiger partial charge in [-0.25, -0.2) is 4.98 Å². The van der Waals surface area contributed by atoms with Crippen molar-refractivity contribution < 1.29 is 4.79 Å². The molecule has 1 atom stereocenters. The number of likely N-dealkylation sites (tertiary alicyclic amines) is 1. The summed E-state index contributed by atoms with van der Waals surface area (Å²) in [6, 6.07) is 19.1. The Morgan fingerprint density at radius 1 is 0.929 bits per heavy atom. The number of carbonyl (C=O) groups excluding carboxylic acids is 1. The van der Waals surface area contributed by atoms with E-state index in [4.69, 9.17) is 0 Å². The van der Waals surface area contributed by atoms with Gasteiger partial charge in [0.25, 0.3) is 0 Å². The van der Waals surface area contributed by atoms with Crippen molar-refractivity contribution >= 4 is 5.91 Å². The minimum atomic E-state index is 0.325. The van der Waals surface area contributed by atoms with Crippen molar-refractivity contribution in [2.45, 2.75) is 25.8 Å². The number of benzene rings is 2. The second-order valence-electron chi connectivity index (χ2n) is 8.06. The standard InChI is InChI=1S/C24H25N3O/c28-24(22-10-11-22)27-14-12-18(17-27)16-26-15-13-25-23(26)21-8-6-20(7-9-21)19-4-2-1-3-5-19/h1-9,13,15,18,22H,10-12,14,16-17H2. The third-order valence-corrected chi connectivity index (χ3v) is 5.94. The zero-order chi connectivity index (χ0) is 18.9. The van der Waals surface area contributed by atoms with Gasteiger partial charge in [0, 0.05) is 43.5 Å². The Morgan fingerprint density at radius 3 is 2.39 bits per heavy atom. The van der Waals surface area contributed by atoms with Gasteiger partial charge in [-0.2, -0.15) is 0 Å². The number of imidazole rings is 1. The van der Waals surface area contributed by atoms with Gasteiger partial charge < -0.3 is 9.47 Å². The maximum atomic E-state index is 12.3. The van der Waals surface area contributed by atoms with Crippen molar-refractivity contribution in [3.63, 3.8) is 0 Å². The highest BCUT2D eigenvalue weighted by Gasteiger charge is 2.36. The summed E-state index contributed by atoms with van der Waals surface area (Å²) < 4.78 is 2.24. The third-order valence-electron chi connectivity index (χ3n) is 5.94. The molecule has 1 aromatic heterocycles. The number of nitrogens with zero attached hydrogens (tertiary/aromatic N) is 3. The molecule has 4 nitrogen and oxygen atoms in total. The highest BCUT2D eigenvalue weighted by molar-refractivity contribution is 5.81. The molecule has 1 saturated carbocycles. The SMILES string of the molecule is O=C(C1CC1)N1CCC(Cn2ccnc2-c2ccc(-c3ccccc3)cc2)C1. The molecule has 2 fully saturated rings. The topological polar surface area (TPSA) is 38.1 Å². The van der Waals surface area contributed by atoms with Crippen molar-refractivity contribution in [3.8, 4) is 22.5 Å². The number of amides is 1. The fourth-order valence-electron chi connectivity index (χ4n) is 4.21. The predicted octanol–water partition coefficient (Wildman–Crippen LogP) is 4.48. The smallest absolute Gasteiger partial charge is 0.225 e. The van der Waals surface area contributed by atoms with Crippen LogP contribution in [-0.2, 0) is 11.3 Å². The van der Waals surface area contributed by atoms with Crippen molar-refractivity contribution in [1.29, 1.82) is 0 Å². The Balaban J connectivity index is 1.29. The van der Waals surface area contributed by atoms with E-state index in [9.17, 15) is 4.79 Å². The molecule has 2 heterocycles. The molecule has 4 heteroatoms. The van der Waals surface area contributed by atoms with Crippen molar-refractivity contribution in [1.82, 2.24) is 14.5 Å². The zero-order valence-corrected chi connectivity index (χ0v) is 16.0. The van der Waals surface area contributed by atoms with Crippen LogP contribution in [0.2, 0.25) is 0 Å². The second-order valence-corrected chi connectivity index (χ2v) is 8.06. The second kappa shape index (κ2) is 7.27. The Labute approximate surface area is 165 Å². The molecular weight excluding hydrogens is 346 g/mol. The zero-order valence-electron chi connectivity index (χ0n) is 16.0. The average Bonchev–Trinajstić information content (AvgIpc) is 3.32. The van der Waals surface area contributed by atoms with Gasteiger partial charge in [-0.3, -0.25) is 4.79 Å². The van der Waals surface area contributed by atoms with Crippen molar-refractivity contribution in [2.24, 2.45) is 11.8 Å². The highest BCUT2D eigenvalue weighted by Crippen LogP contribution is 2.33. The number of aromatic nitrogens is 2. The van der Waals surface area contributed by atoms with Gasteiger partial charge >= 0.3 is 0 Å². The lowest BCUT2D eigenvalue weighted by molar-refractivity contribution is -0.131. The van der Waals surface area contributed by atoms with Crippen LogP contribution in [0.1, 0.15) is 19.3 Å². The molecule has 142 valence electrons. The van der Waals surface area contributed by atoms with Crippen LogP contribution in [0, 0.1) is 11.8 Å². The summed E-state index contributed by atoms with van der Waals surface area (Å²) in [4.78, 5) is 19.0. The summed E-state index contributed by atoms with van der Waals surface area (Å²) in [5.74, 6) is 2.22. The molecule has 0 bridgehead atoms. The number of rotatable bonds is 5. The molecule has 2 aromatic carbocycles. The molecule has 1 unspecified atom stereocenters. The van der Waals surface area contributed by atoms with Crippen molar-refractivity contribution in [2.75, 3.05) is 13.1 Å². The summed E-state index contributed by atoms with van der Waals surface area (Å²) in [6.07, 6.45) is 7.20. The molecule has 5 rings (SSSR count). The molecule has 28 heavy (non-hydrogen) atoms. The Morgan fingerprint density at radius 2 is 1.64 bits per heavy atom. The van der Waals surface area contributed by atoms with Crippen LogP contribution in [0.15, 0.2) is 67.0 Å². The van der Waals surface area contributed by atoms with E-state index in [2.05, 4.69) is 69.2 Å². The van der Waals surface area contributed by atoms with Crippen LogP contribution < -0.4 is 0 Å². The summed E-state index contributed by atoms with van der Waals surface area (Å²) in [5, 5.41) is 0. The minimum Gasteiger partial charge on any atom is -0.342 e. The lowest BCUT2D eigenvalue weighted by Crippen LogP contribution is -2.30. The first-order chi connectivity index (χ1) is 13.8. The van der Waals surface area contributed by atoms with Crippen LogP contribution >= 0.6 is 0 Å². The van der Waals surface area contributed by atoms with E-state index in [1.165, 1.54) is 11.1 Å². The Bertz CT molecular complexity index is 957. The van der Waals surface area contributed by atoms with Gasteiger partial charge in [0.15, 0.2) is 0 Å². The maximum Gasteiger partial charge on any atom is 0.225 e. The first-order valence-electron chi connectivity index (χ1n) is 10.2. The summed E-state index contributed by atoms with van der Waals surface area (Å²) >= 11 is 0. The van der Waals surface area contributed by atoms with E-state index in [0.717, 1.165) is 50.3 Å². The summed E-state index contributed by atoms with van der Waals surface area (Å²) in [5.41, 5.74) is 3.57. The average molecular weight is 371 g/mol. The van der Waals surface area contributed by atoms with E-state index in [-0.39, 0.29) is 0 Å². The fourth-order valence-corrected chi connectivity index (χ4v) is 4.21. The lowest BCUT2D eigenvalue weighted by Gasteiger charge is -2.17. The van der Waals surface area contributed by atoms with Crippen LogP contribution in [0.25, 0.3) is 22.5 Å². The molecule has 2 aliphatic rings. The summed E-state index contributed by atoms with van der Waals surface area (Å²) in [6.45, 7) is 2.72. The van der Waals surface area contributed by atoms with E-state index in [1.54, 1.807) is 0 Å². The summed E-state index contributed by atoms with van der Waals surface area (Å²) in [7, 11) is 0. The first kappa shape index (κ1) is 17.2. The van der Waals surface area contributed by atoms with Crippen LogP contribution in [0.4, 0.5) is 0 Å². The van der Waals surface area contributed by atoms with Gasteiger partial charge in [0.2, 0.25) is 5.91 Å². The Kier molecular flexibility index (Phi) is 4.47. The van der Waals surface area contributed by atoms with E-state index in [1.807, 2.05) is 12.3 Å². The Hall–Kier alpha value is -2.88. The van der Waals surface area contributed by atoms with E-state index >= 15 is 0 Å². The first-order valence-corrected chi connectivity index (χ1v) is 10.2. The monoisotopic (exact) mass is 371 g/mol. The van der Waals surface area contributed by atoms with Gasteiger partial charge in [-0.1, -0.05) is 54.6 Å². The van der Waals surface area contributed by atoms with Crippen LogP contribution in [-0.4, -0.2) is 33.4 Å². The minimum absolute atomic E-state index is 0.325. The normalized spacial score (nSPS) is 19.1. The lowest BCUT2D eigenvalue weighted by atomic mass is 10.0. The highest BCUT2D eigenvalue weighted by atomic mass is 16.2. The molecule has 3 aromatic rings. The van der Waals surface area contributed by atoms with Crippen LogP contribution in [0.5, 0.6) is 0 Å². The fraction of sp³-hybridized carbons (Fsp3) is 0.333. The molecule has 1 aliphatic carbocycles. The van der Waals surface area contributed by atoms with Crippen LogP contribution in [0.3, 0.4) is 0 Å². The van der Waals surface area contributed by atoms with Gasteiger partial charge in [-0.15, -0.1) is 0 Å². The number of carbonyl (C=O) groups is 1. The quantitative estimate of drug-likeness (QED) is 0.663. The largest absolute Gasteiger partial charge is 0.342 e. The molecule has 0 spiro atoms. The molecule has 1 aliphatic heterocycles. The molecule has 1 amide bonds. The maximum absolute atomic E-state index is 12.3. The van der Waals surface area contributed by atoms with E-state index in [0.29, 0.717) is 17.7 Å². The molecular formula is C24H25N3O. The van der Waals surface area contributed by atoms with Gasteiger partial charge in [0.05, 0.1) is 0 Å². The van der Waals surface area contributed by atoms with E-state index < -0.39 is 0 Å². The number of hydrogen-bond donors (Lipinski definition) is 0. The number of hydrogen-bond acceptors (Lipinski definition) is 2. The van der Waals surface area contributed by atoms with Gasteiger partial charge in [0.1, 0.15) is 5.82 Å². The predicted molar refractivity (Wildman–Crippen MR) is 111 cm³/mol. The van der Waals surface area contributed by atoms with Gasteiger partial charge in [-0.05, 0) is 36.3 Å².